The number of hydrogen-bond acceptors (Lipinski definition) is 10. The molecule has 0 unspecified atom stereocenters. The third kappa shape index (κ3) is 6.50. The number of carbonyl (C=O) groups excluding carboxylic acids is 1. The van der Waals surface area contributed by atoms with Gasteiger partial charge in [-0.2, -0.15) is 10.1 Å². The first-order valence-electron chi connectivity index (χ1n) is 15.9. The fraction of sp³-hybridized carbons (Fsp3) is 0.394. The minimum atomic E-state index is -0.0789. The van der Waals surface area contributed by atoms with Crippen molar-refractivity contribution >= 4 is 40.2 Å². The van der Waals surface area contributed by atoms with Gasteiger partial charge in [0.15, 0.2) is 5.82 Å². The lowest BCUT2D eigenvalue weighted by molar-refractivity contribution is -0.117. The van der Waals surface area contributed by atoms with Gasteiger partial charge in [0.05, 0.1) is 23.4 Å². The minimum absolute atomic E-state index is 0.0337. The lowest BCUT2D eigenvalue weighted by Crippen LogP contribution is -2.33. The van der Waals surface area contributed by atoms with Crippen molar-refractivity contribution in [3.63, 3.8) is 0 Å². The molecule has 4 N–H and O–H groups in total. The van der Waals surface area contributed by atoms with Crippen LogP contribution < -0.4 is 20.7 Å². The summed E-state index contributed by atoms with van der Waals surface area (Å²) >= 11 is 0. The Bertz CT molecular complexity index is 1840. The van der Waals surface area contributed by atoms with Gasteiger partial charge in [0.25, 0.3) is 0 Å². The first-order valence-corrected chi connectivity index (χ1v) is 15.9. The van der Waals surface area contributed by atoms with Crippen LogP contribution in [-0.2, 0) is 11.8 Å². The second-order valence-electron chi connectivity index (χ2n) is 12.2. The number of aryl methyl sites for hydroxylation is 3. The molecule has 0 spiro atoms. The van der Waals surface area contributed by atoms with E-state index >= 15 is 0 Å². The number of nitrogens with zero attached hydrogens (tertiary/aromatic N) is 7. The van der Waals surface area contributed by atoms with Crippen LogP contribution in [0, 0.1) is 13.8 Å². The van der Waals surface area contributed by atoms with Gasteiger partial charge < -0.3 is 25.7 Å². The number of H-pyrrole nitrogens is 1. The number of amides is 1. The molecule has 2 aliphatic rings. The number of likely N-dealkylation sites (tertiary alicyclic amines) is 1. The number of aromatic nitrogens is 7. The van der Waals surface area contributed by atoms with Gasteiger partial charge in [-0.25, -0.2) is 15.0 Å². The number of para-hydroxylation sites is 1. The largest absolute Gasteiger partial charge is 0.473 e. The van der Waals surface area contributed by atoms with Crippen LogP contribution in [0.2, 0.25) is 0 Å². The Hall–Kier alpha value is -5.04. The predicted octanol–water partition coefficient (Wildman–Crippen LogP) is 4.96. The molecule has 238 valence electrons. The molecule has 2 fully saturated rings. The van der Waals surface area contributed by atoms with Gasteiger partial charge in [-0.3, -0.25) is 14.4 Å². The van der Waals surface area contributed by atoms with Crippen LogP contribution in [0.4, 0.5) is 23.4 Å². The molecule has 4 aromatic heterocycles. The quantitative estimate of drug-likeness (QED) is 0.169. The van der Waals surface area contributed by atoms with Crippen molar-refractivity contribution in [3.8, 4) is 17.1 Å². The molecule has 46 heavy (non-hydrogen) atoms. The lowest BCUT2D eigenvalue weighted by atomic mass is 10.1. The Morgan fingerprint density at radius 3 is 2.78 bits per heavy atom. The second-order valence-corrected chi connectivity index (χ2v) is 12.2. The number of hydrogen-bond donors (Lipinski definition) is 4. The van der Waals surface area contributed by atoms with Crippen LogP contribution in [0.25, 0.3) is 22.2 Å². The predicted molar refractivity (Wildman–Crippen MR) is 177 cm³/mol. The van der Waals surface area contributed by atoms with E-state index in [1.165, 1.54) is 12.8 Å². The third-order valence-corrected chi connectivity index (χ3v) is 8.77. The van der Waals surface area contributed by atoms with Crippen LogP contribution in [0.5, 0.6) is 5.88 Å². The summed E-state index contributed by atoms with van der Waals surface area (Å²) in [6.45, 7) is 5.67. The minimum Gasteiger partial charge on any atom is -0.473 e. The zero-order valence-electron chi connectivity index (χ0n) is 26.4. The number of fused-ring (bicyclic) bond motifs is 1. The number of nitrogens with one attached hydrogen (secondary N) is 4. The van der Waals surface area contributed by atoms with Gasteiger partial charge in [-0.15, -0.1) is 0 Å². The third-order valence-electron chi connectivity index (χ3n) is 8.77. The maximum atomic E-state index is 13.2. The molecule has 1 aliphatic carbocycles. The topological polar surface area (TPSA) is 151 Å². The lowest BCUT2D eigenvalue weighted by Gasteiger charge is -2.17. The molecule has 1 saturated carbocycles. The molecule has 13 nitrogen and oxygen atoms in total. The van der Waals surface area contributed by atoms with Crippen molar-refractivity contribution in [3.05, 3.63) is 60.2 Å². The van der Waals surface area contributed by atoms with E-state index in [0.29, 0.717) is 36.2 Å². The Morgan fingerprint density at radius 2 is 1.96 bits per heavy atom. The Balaban J connectivity index is 0.983. The maximum Gasteiger partial charge on any atom is 0.238 e. The van der Waals surface area contributed by atoms with E-state index in [1.54, 1.807) is 23.1 Å². The van der Waals surface area contributed by atoms with Crippen molar-refractivity contribution in [2.75, 3.05) is 35.6 Å². The summed E-state index contributed by atoms with van der Waals surface area (Å²) in [5, 5.41) is 15.1. The summed E-state index contributed by atoms with van der Waals surface area (Å²) in [6, 6.07) is 10.1. The average molecular weight is 622 g/mol. The normalized spacial score (nSPS) is 17.1. The smallest absolute Gasteiger partial charge is 0.238 e. The number of benzene rings is 1. The summed E-state index contributed by atoms with van der Waals surface area (Å²) in [7, 11) is 1.90. The molecule has 1 aromatic carbocycles. The fourth-order valence-electron chi connectivity index (χ4n) is 6.30. The summed E-state index contributed by atoms with van der Waals surface area (Å²) in [6.07, 6.45) is 11.1. The number of carbonyl (C=O) groups is 1. The highest BCUT2D eigenvalue weighted by Gasteiger charge is 2.26. The summed E-state index contributed by atoms with van der Waals surface area (Å²) in [4.78, 5) is 36.9. The molecule has 0 bridgehead atoms. The van der Waals surface area contributed by atoms with Gasteiger partial charge in [0, 0.05) is 73.5 Å². The highest BCUT2D eigenvalue weighted by Crippen LogP contribution is 2.33. The Labute approximate surface area is 267 Å². The summed E-state index contributed by atoms with van der Waals surface area (Å²) in [5.41, 5.74) is 5.25. The fourth-order valence-corrected chi connectivity index (χ4v) is 6.30. The molecule has 1 atom stereocenters. The zero-order valence-corrected chi connectivity index (χ0v) is 26.4. The van der Waals surface area contributed by atoms with Gasteiger partial charge in [-0.05, 0) is 44.7 Å². The van der Waals surface area contributed by atoms with E-state index in [9.17, 15) is 4.79 Å². The van der Waals surface area contributed by atoms with Crippen LogP contribution in [-0.4, -0.2) is 77.3 Å². The number of anilines is 4. The van der Waals surface area contributed by atoms with E-state index in [-0.39, 0.29) is 18.6 Å². The highest BCUT2D eigenvalue weighted by atomic mass is 16.5. The molecule has 1 amide bonds. The number of ether oxygens (including phenoxy) is 1. The maximum absolute atomic E-state index is 13.2. The zero-order chi connectivity index (χ0) is 31.6. The van der Waals surface area contributed by atoms with Crippen molar-refractivity contribution in [1.82, 2.24) is 39.6 Å². The van der Waals surface area contributed by atoms with Crippen molar-refractivity contribution < 1.29 is 9.53 Å². The molecule has 1 saturated heterocycles. The average Bonchev–Trinajstić information content (AvgIpc) is 3.84. The van der Waals surface area contributed by atoms with Crippen LogP contribution >= 0.6 is 0 Å². The summed E-state index contributed by atoms with van der Waals surface area (Å²) in [5.74, 6) is 2.25. The highest BCUT2D eigenvalue weighted by molar-refractivity contribution is 6.06. The van der Waals surface area contributed by atoms with Gasteiger partial charge in [0.2, 0.25) is 23.7 Å². The Morgan fingerprint density at radius 1 is 1.09 bits per heavy atom. The molecule has 5 aromatic rings. The van der Waals surface area contributed by atoms with Gasteiger partial charge in [0.1, 0.15) is 6.10 Å². The Kier molecular flexibility index (Phi) is 8.22. The summed E-state index contributed by atoms with van der Waals surface area (Å²) < 4.78 is 7.98. The first kappa shape index (κ1) is 29.7. The van der Waals surface area contributed by atoms with Gasteiger partial charge in [-0.1, -0.05) is 25.0 Å². The SMILES string of the molecule is Cc1cnc(Nc2cc(C)n(C)n2)nc1-c1c[nH]c2c(NC(=O)CN3CC[C@H](Oc4ccnc(NC5CCCC5)n4)C3)cccc12. The monoisotopic (exact) mass is 621 g/mol. The molecule has 5 heterocycles. The van der Waals surface area contributed by atoms with Crippen molar-refractivity contribution in [2.24, 2.45) is 7.05 Å². The van der Waals surface area contributed by atoms with E-state index < -0.39 is 0 Å². The van der Waals surface area contributed by atoms with Crippen LogP contribution in [0.15, 0.2) is 48.9 Å². The molecule has 1 aliphatic heterocycles. The van der Waals surface area contributed by atoms with Gasteiger partial charge >= 0.3 is 0 Å². The van der Waals surface area contributed by atoms with Crippen molar-refractivity contribution in [2.45, 2.75) is 58.1 Å². The molecular weight excluding hydrogens is 582 g/mol. The van der Waals surface area contributed by atoms with Crippen LogP contribution in [0.1, 0.15) is 43.4 Å². The van der Waals surface area contributed by atoms with E-state index in [0.717, 1.165) is 64.9 Å². The first-order chi connectivity index (χ1) is 22.4. The molecular formula is C33H39N11O2. The number of aromatic amines is 1. The van der Waals surface area contributed by atoms with E-state index in [2.05, 4.69) is 45.9 Å². The number of rotatable bonds is 10. The second kappa shape index (κ2) is 12.8. The van der Waals surface area contributed by atoms with E-state index in [1.807, 2.05) is 51.4 Å². The molecule has 0 radical (unpaired) electrons. The molecule has 13 heteroatoms. The molecule has 7 rings (SSSR count). The van der Waals surface area contributed by atoms with E-state index in [4.69, 9.17) is 9.72 Å². The van der Waals surface area contributed by atoms with Crippen molar-refractivity contribution in [1.29, 1.82) is 0 Å². The standard InChI is InChI=1S/C33H39N11O2/c1-20-16-36-33(39-27-15-21(2)43(3)42-27)41-30(20)25-17-35-31-24(25)9-6-10-26(31)38-28(45)19-44-14-12-23(18-44)46-29-11-13-34-32(40-29)37-22-7-4-5-8-22/h6,9-11,13,15-17,22-23,35H,4-5,7-8,12,14,18-19H2,1-3H3,(H,38,45)(H,34,37,40)(H,36,39,41,42)/t23-/m0/s1. The van der Waals surface area contributed by atoms with Crippen LogP contribution in [0.3, 0.4) is 0 Å².